The van der Waals surface area contributed by atoms with Crippen molar-refractivity contribution in [2.45, 2.75) is 13.1 Å². The van der Waals surface area contributed by atoms with Crippen LogP contribution in [0.2, 0.25) is 5.02 Å². The van der Waals surface area contributed by atoms with Gasteiger partial charge in [0.2, 0.25) is 6.39 Å². The Morgan fingerprint density at radius 3 is 2.88 bits per heavy atom. The second-order valence-corrected chi connectivity index (χ2v) is 3.67. The van der Waals surface area contributed by atoms with E-state index in [-0.39, 0.29) is 5.82 Å². The molecule has 2 aromatic rings. The maximum absolute atomic E-state index is 13.0. The molecule has 0 bridgehead atoms. The van der Waals surface area contributed by atoms with E-state index in [2.05, 4.69) is 20.0 Å². The molecule has 4 nitrogen and oxygen atoms in total. The summed E-state index contributed by atoms with van der Waals surface area (Å²) in [5.41, 5.74) is 0.772. The van der Waals surface area contributed by atoms with Gasteiger partial charge in [-0.25, -0.2) is 4.39 Å². The summed E-state index contributed by atoms with van der Waals surface area (Å²) in [5, 5.41) is 7.07. The lowest BCUT2D eigenvalue weighted by Gasteiger charge is -2.03. The third kappa shape index (κ3) is 3.01. The van der Waals surface area contributed by atoms with Crippen molar-refractivity contribution in [3.8, 4) is 0 Å². The van der Waals surface area contributed by atoms with Crippen molar-refractivity contribution >= 4 is 11.6 Å². The van der Waals surface area contributed by atoms with Gasteiger partial charge in [-0.2, -0.15) is 4.98 Å². The van der Waals surface area contributed by atoms with Crippen molar-refractivity contribution in [1.82, 2.24) is 15.5 Å². The van der Waals surface area contributed by atoms with Crippen LogP contribution in [0, 0.1) is 5.82 Å². The van der Waals surface area contributed by atoms with Crippen LogP contribution >= 0.6 is 11.6 Å². The molecule has 0 radical (unpaired) electrons. The van der Waals surface area contributed by atoms with E-state index in [1.165, 1.54) is 18.5 Å². The summed E-state index contributed by atoms with van der Waals surface area (Å²) in [6, 6.07) is 4.40. The SMILES string of the molecule is Fc1cc(Cl)cc(CNCc2ncon2)c1. The maximum Gasteiger partial charge on any atom is 0.213 e. The Bertz CT molecular complexity index is 441. The minimum Gasteiger partial charge on any atom is -0.343 e. The van der Waals surface area contributed by atoms with E-state index in [1.807, 2.05) is 0 Å². The first kappa shape index (κ1) is 11.0. The lowest BCUT2D eigenvalue weighted by molar-refractivity contribution is 0.407. The lowest BCUT2D eigenvalue weighted by atomic mass is 10.2. The Hall–Kier alpha value is -1.46. The highest BCUT2D eigenvalue weighted by Gasteiger charge is 2.01. The molecule has 0 aliphatic rings. The summed E-state index contributed by atoms with van der Waals surface area (Å²) < 4.78 is 17.5. The summed E-state index contributed by atoms with van der Waals surface area (Å²) in [6.45, 7) is 0.955. The molecule has 16 heavy (non-hydrogen) atoms. The van der Waals surface area contributed by atoms with Gasteiger partial charge in [0.25, 0.3) is 0 Å². The molecule has 2 rings (SSSR count). The van der Waals surface area contributed by atoms with Crippen LogP contribution in [-0.4, -0.2) is 10.1 Å². The van der Waals surface area contributed by atoms with Gasteiger partial charge in [-0.15, -0.1) is 0 Å². The molecule has 0 atom stereocenters. The monoisotopic (exact) mass is 241 g/mol. The van der Waals surface area contributed by atoms with Crippen LogP contribution in [0.25, 0.3) is 0 Å². The molecule has 0 saturated heterocycles. The summed E-state index contributed by atoms with van der Waals surface area (Å²) in [4.78, 5) is 3.84. The summed E-state index contributed by atoms with van der Waals surface area (Å²) in [6.07, 6.45) is 1.26. The number of hydrogen-bond donors (Lipinski definition) is 1. The first-order valence-electron chi connectivity index (χ1n) is 4.65. The fourth-order valence-electron chi connectivity index (χ4n) is 1.30. The zero-order chi connectivity index (χ0) is 11.4. The van der Waals surface area contributed by atoms with E-state index in [9.17, 15) is 4.39 Å². The van der Waals surface area contributed by atoms with E-state index >= 15 is 0 Å². The number of aromatic nitrogens is 2. The van der Waals surface area contributed by atoms with Gasteiger partial charge < -0.3 is 9.84 Å². The number of halogens is 2. The van der Waals surface area contributed by atoms with Crippen LogP contribution in [0.5, 0.6) is 0 Å². The van der Waals surface area contributed by atoms with E-state index < -0.39 is 0 Å². The van der Waals surface area contributed by atoms with Crippen molar-refractivity contribution in [3.05, 3.63) is 46.8 Å². The number of hydrogen-bond acceptors (Lipinski definition) is 4. The molecule has 0 aliphatic heterocycles. The van der Waals surface area contributed by atoms with Gasteiger partial charge in [-0.05, 0) is 23.8 Å². The average molecular weight is 242 g/mol. The van der Waals surface area contributed by atoms with E-state index in [0.717, 1.165) is 5.56 Å². The molecular formula is C10H9ClFN3O. The second kappa shape index (κ2) is 5.05. The molecule has 1 N–H and O–H groups in total. The average Bonchev–Trinajstić information content (AvgIpc) is 2.69. The van der Waals surface area contributed by atoms with Crippen molar-refractivity contribution < 1.29 is 8.91 Å². The maximum atomic E-state index is 13.0. The smallest absolute Gasteiger partial charge is 0.213 e. The standard InChI is InChI=1S/C10H9ClFN3O/c11-8-1-7(2-9(12)3-8)4-13-5-10-14-6-16-15-10/h1-3,6,13H,4-5H2. The normalized spacial score (nSPS) is 10.6. The molecular weight excluding hydrogens is 233 g/mol. The van der Waals surface area contributed by atoms with Crippen LogP contribution in [0.1, 0.15) is 11.4 Å². The molecule has 0 amide bonds. The van der Waals surface area contributed by atoms with Gasteiger partial charge in [0.15, 0.2) is 5.82 Å². The van der Waals surface area contributed by atoms with Crippen LogP contribution < -0.4 is 5.32 Å². The van der Waals surface area contributed by atoms with Crippen molar-refractivity contribution in [3.63, 3.8) is 0 Å². The molecule has 1 heterocycles. The van der Waals surface area contributed by atoms with Crippen LogP contribution in [0.3, 0.4) is 0 Å². The zero-order valence-corrected chi connectivity index (χ0v) is 9.04. The Labute approximate surface area is 96.4 Å². The molecule has 1 aromatic heterocycles. The van der Waals surface area contributed by atoms with Crippen LogP contribution in [-0.2, 0) is 13.1 Å². The third-order valence-electron chi connectivity index (χ3n) is 1.94. The molecule has 0 fully saturated rings. The number of benzene rings is 1. The van der Waals surface area contributed by atoms with E-state index in [1.54, 1.807) is 6.07 Å². The first-order chi connectivity index (χ1) is 7.74. The van der Waals surface area contributed by atoms with Crippen molar-refractivity contribution in [1.29, 1.82) is 0 Å². The van der Waals surface area contributed by atoms with Crippen molar-refractivity contribution in [2.75, 3.05) is 0 Å². The van der Waals surface area contributed by atoms with Crippen molar-refractivity contribution in [2.24, 2.45) is 0 Å². The minimum absolute atomic E-state index is 0.344. The molecule has 1 aromatic carbocycles. The quantitative estimate of drug-likeness (QED) is 0.891. The summed E-state index contributed by atoms with van der Waals surface area (Å²) in [5.74, 6) is 0.214. The van der Waals surface area contributed by atoms with Crippen LogP contribution in [0.15, 0.2) is 29.1 Å². The highest BCUT2D eigenvalue weighted by molar-refractivity contribution is 6.30. The minimum atomic E-state index is -0.344. The van der Waals surface area contributed by atoms with Gasteiger partial charge in [-0.3, -0.25) is 0 Å². The zero-order valence-electron chi connectivity index (χ0n) is 8.28. The third-order valence-corrected chi connectivity index (χ3v) is 2.16. The number of rotatable bonds is 4. The Balaban J connectivity index is 1.89. The molecule has 0 spiro atoms. The Morgan fingerprint density at radius 1 is 1.31 bits per heavy atom. The predicted molar refractivity (Wildman–Crippen MR) is 56.3 cm³/mol. The van der Waals surface area contributed by atoms with Gasteiger partial charge in [0.1, 0.15) is 5.82 Å². The molecule has 0 aliphatic carbocycles. The summed E-state index contributed by atoms with van der Waals surface area (Å²) in [7, 11) is 0. The first-order valence-corrected chi connectivity index (χ1v) is 5.03. The van der Waals surface area contributed by atoms with Crippen LogP contribution in [0.4, 0.5) is 4.39 Å². The highest BCUT2D eigenvalue weighted by atomic mass is 35.5. The number of nitrogens with one attached hydrogen (secondary N) is 1. The van der Waals surface area contributed by atoms with E-state index in [4.69, 9.17) is 11.6 Å². The van der Waals surface area contributed by atoms with Gasteiger partial charge in [0.05, 0.1) is 6.54 Å². The molecule has 84 valence electrons. The largest absolute Gasteiger partial charge is 0.343 e. The van der Waals surface area contributed by atoms with Gasteiger partial charge in [0, 0.05) is 11.6 Å². The van der Waals surface area contributed by atoms with Gasteiger partial charge in [-0.1, -0.05) is 16.8 Å². The summed E-state index contributed by atoms with van der Waals surface area (Å²) >= 11 is 5.72. The molecule has 6 heteroatoms. The highest BCUT2D eigenvalue weighted by Crippen LogP contribution is 2.13. The lowest BCUT2D eigenvalue weighted by Crippen LogP contribution is -2.13. The predicted octanol–water partition coefficient (Wildman–Crippen LogP) is 2.15. The fraction of sp³-hybridized carbons (Fsp3) is 0.200. The van der Waals surface area contributed by atoms with E-state index in [0.29, 0.717) is 23.9 Å². The van der Waals surface area contributed by atoms with Gasteiger partial charge >= 0.3 is 0 Å². The molecule has 0 saturated carbocycles. The topological polar surface area (TPSA) is 51.0 Å². The fourth-order valence-corrected chi connectivity index (χ4v) is 1.55. The molecule has 0 unspecified atom stereocenters. The number of nitrogens with zero attached hydrogens (tertiary/aromatic N) is 2. The second-order valence-electron chi connectivity index (χ2n) is 3.23. The Morgan fingerprint density at radius 2 is 2.19 bits per heavy atom. The Kier molecular flexibility index (Phi) is 3.48.